The molecule has 1 aromatic carbocycles. The molecule has 3 rings (SSSR count). The van der Waals surface area contributed by atoms with Crippen LogP contribution >= 0.6 is 0 Å². The number of hydrogen-bond acceptors (Lipinski definition) is 3. The van der Waals surface area contributed by atoms with E-state index in [0.717, 1.165) is 18.4 Å². The number of halogens is 1. The third-order valence-electron chi connectivity index (χ3n) is 3.19. The maximum absolute atomic E-state index is 12.8. The minimum atomic E-state index is -0.300. The van der Waals surface area contributed by atoms with Crippen LogP contribution in [0.2, 0.25) is 0 Å². The van der Waals surface area contributed by atoms with Gasteiger partial charge >= 0.3 is 0 Å². The molecule has 114 valence electrons. The maximum atomic E-state index is 12.8. The van der Waals surface area contributed by atoms with Gasteiger partial charge in [-0.15, -0.1) is 0 Å². The van der Waals surface area contributed by atoms with Gasteiger partial charge in [-0.2, -0.15) is 0 Å². The Hall–Kier alpha value is -2.63. The highest BCUT2D eigenvalue weighted by Gasteiger charge is 2.21. The molecule has 1 aliphatic rings. The lowest BCUT2D eigenvalue weighted by Crippen LogP contribution is -2.33. The van der Waals surface area contributed by atoms with Gasteiger partial charge in [0, 0.05) is 18.3 Å². The zero-order chi connectivity index (χ0) is 15.4. The predicted octanol–water partition coefficient (Wildman–Crippen LogP) is 2.58. The highest BCUT2D eigenvalue weighted by Crippen LogP contribution is 2.20. The van der Waals surface area contributed by atoms with Crippen molar-refractivity contribution in [3.05, 3.63) is 54.0 Å². The van der Waals surface area contributed by atoms with Crippen LogP contribution in [0, 0.1) is 5.82 Å². The number of pyridine rings is 1. The summed E-state index contributed by atoms with van der Waals surface area (Å²) in [6, 6.07) is 9.91. The van der Waals surface area contributed by atoms with E-state index in [2.05, 4.69) is 15.3 Å². The van der Waals surface area contributed by atoms with Crippen molar-refractivity contribution in [3.63, 3.8) is 0 Å². The van der Waals surface area contributed by atoms with Gasteiger partial charge in [0.1, 0.15) is 11.6 Å². The summed E-state index contributed by atoms with van der Waals surface area (Å²) in [5.74, 6) is 1.15. The summed E-state index contributed by atoms with van der Waals surface area (Å²) in [7, 11) is 0. The van der Waals surface area contributed by atoms with Gasteiger partial charge in [-0.3, -0.25) is 0 Å². The van der Waals surface area contributed by atoms with E-state index in [0.29, 0.717) is 30.2 Å². The lowest BCUT2D eigenvalue weighted by atomic mass is 10.3. The van der Waals surface area contributed by atoms with Crippen molar-refractivity contribution in [1.82, 2.24) is 10.3 Å². The Morgan fingerprint density at radius 3 is 2.68 bits per heavy atom. The first-order chi connectivity index (χ1) is 10.7. The smallest absolute Gasteiger partial charge is 0.219 e. The molecule has 1 aliphatic carbocycles. The fraction of sp³-hybridized carbons (Fsp3) is 0.250. The van der Waals surface area contributed by atoms with E-state index in [1.807, 2.05) is 6.07 Å². The van der Waals surface area contributed by atoms with Crippen LogP contribution in [0.3, 0.4) is 0 Å². The van der Waals surface area contributed by atoms with E-state index >= 15 is 0 Å². The number of ether oxygens (including phenoxy) is 1. The Morgan fingerprint density at radius 1 is 1.27 bits per heavy atom. The van der Waals surface area contributed by atoms with Crippen molar-refractivity contribution in [2.24, 2.45) is 10.7 Å². The Kier molecular flexibility index (Phi) is 4.18. The maximum Gasteiger partial charge on any atom is 0.219 e. The summed E-state index contributed by atoms with van der Waals surface area (Å²) in [4.78, 5) is 8.46. The van der Waals surface area contributed by atoms with Crippen LogP contribution in [0.1, 0.15) is 18.4 Å². The molecule has 1 fully saturated rings. The van der Waals surface area contributed by atoms with Crippen LogP contribution in [0.5, 0.6) is 11.6 Å². The number of nitrogens with two attached hydrogens (primary N) is 1. The van der Waals surface area contributed by atoms with Crippen LogP contribution in [0.15, 0.2) is 47.6 Å². The van der Waals surface area contributed by atoms with Gasteiger partial charge in [-0.05, 0) is 42.7 Å². The Balaban J connectivity index is 1.56. The summed E-state index contributed by atoms with van der Waals surface area (Å²) in [5, 5.41) is 3.12. The van der Waals surface area contributed by atoms with Crippen molar-refractivity contribution in [1.29, 1.82) is 0 Å². The predicted molar refractivity (Wildman–Crippen MR) is 82.2 cm³/mol. The second kappa shape index (κ2) is 6.43. The van der Waals surface area contributed by atoms with Crippen molar-refractivity contribution in [3.8, 4) is 11.6 Å². The van der Waals surface area contributed by atoms with E-state index in [9.17, 15) is 4.39 Å². The normalized spacial score (nSPS) is 14.7. The van der Waals surface area contributed by atoms with E-state index in [-0.39, 0.29) is 5.82 Å². The summed E-state index contributed by atoms with van der Waals surface area (Å²) >= 11 is 0. The third-order valence-corrected chi connectivity index (χ3v) is 3.19. The number of hydrogen-bond donors (Lipinski definition) is 2. The van der Waals surface area contributed by atoms with Gasteiger partial charge < -0.3 is 15.8 Å². The first-order valence-electron chi connectivity index (χ1n) is 7.14. The lowest BCUT2D eigenvalue weighted by molar-refractivity contribution is 0.461. The molecule has 0 unspecified atom stereocenters. The average molecular weight is 300 g/mol. The summed E-state index contributed by atoms with van der Waals surface area (Å²) < 4.78 is 18.3. The molecule has 1 saturated carbocycles. The number of rotatable bonds is 5. The molecule has 1 aromatic heterocycles. The van der Waals surface area contributed by atoms with E-state index in [4.69, 9.17) is 10.5 Å². The number of benzene rings is 1. The summed E-state index contributed by atoms with van der Waals surface area (Å²) in [6.07, 6.45) is 4.01. The number of guanidine groups is 1. The molecule has 0 aliphatic heterocycles. The topological polar surface area (TPSA) is 72.5 Å². The minimum absolute atomic E-state index is 0.300. The van der Waals surface area contributed by atoms with E-state index in [1.165, 1.54) is 12.1 Å². The van der Waals surface area contributed by atoms with Crippen LogP contribution in [-0.2, 0) is 6.54 Å². The highest BCUT2D eigenvalue weighted by atomic mass is 19.1. The standard InChI is InChI=1S/C16H17FN4O/c17-12-2-6-14(7-3-12)22-15-8-1-11(9-19-15)10-20-16(18)21-13-4-5-13/h1-3,6-9,13H,4-5,10H2,(H3,18,20,21). The molecule has 3 N–H and O–H groups in total. The second-order valence-electron chi connectivity index (χ2n) is 5.18. The molecule has 0 spiro atoms. The Labute approximate surface area is 128 Å². The molecule has 0 atom stereocenters. The van der Waals surface area contributed by atoms with Crippen LogP contribution in [-0.4, -0.2) is 17.0 Å². The number of aliphatic imine (C=N–C) groups is 1. The molecule has 2 aromatic rings. The molecule has 22 heavy (non-hydrogen) atoms. The van der Waals surface area contributed by atoms with Gasteiger partial charge in [0.15, 0.2) is 5.96 Å². The molecular weight excluding hydrogens is 283 g/mol. The molecule has 6 heteroatoms. The first kappa shape index (κ1) is 14.3. The first-order valence-corrected chi connectivity index (χ1v) is 7.14. The highest BCUT2D eigenvalue weighted by molar-refractivity contribution is 5.78. The van der Waals surface area contributed by atoms with Crippen molar-refractivity contribution in [2.75, 3.05) is 0 Å². The van der Waals surface area contributed by atoms with Gasteiger partial charge in [0.25, 0.3) is 0 Å². The van der Waals surface area contributed by atoms with Crippen molar-refractivity contribution in [2.45, 2.75) is 25.4 Å². The van der Waals surface area contributed by atoms with Crippen molar-refractivity contribution >= 4 is 5.96 Å². The van der Waals surface area contributed by atoms with Crippen LogP contribution in [0.25, 0.3) is 0 Å². The monoisotopic (exact) mass is 300 g/mol. The second-order valence-corrected chi connectivity index (χ2v) is 5.18. The molecule has 0 bridgehead atoms. The molecule has 0 radical (unpaired) electrons. The zero-order valence-corrected chi connectivity index (χ0v) is 12.0. The Bertz CT molecular complexity index is 651. The molecular formula is C16H17FN4O. The Morgan fingerprint density at radius 2 is 2.05 bits per heavy atom. The van der Waals surface area contributed by atoms with E-state index in [1.54, 1.807) is 24.4 Å². The number of nitrogens with zero attached hydrogens (tertiary/aromatic N) is 2. The number of aromatic nitrogens is 1. The fourth-order valence-electron chi connectivity index (χ4n) is 1.85. The summed E-state index contributed by atoms with van der Waals surface area (Å²) in [5.41, 5.74) is 6.71. The van der Waals surface area contributed by atoms with Crippen LogP contribution < -0.4 is 15.8 Å². The van der Waals surface area contributed by atoms with Gasteiger partial charge in [0.2, 0.25) is 5.88 Å². The van der Waals surface area contributed by atoms with Crippen LogP contribution in [0.4, 0.5) is 4.39 Å². The molecule has 1 heterocycles. The molecule has 0 saturated heterocycles. The minimum Gasteiger partial charge on any atom is -0.439 e. The SMILES string of the molecule is NC(=NCc1ccc(Oc2ccc(F)cc2)nc1)NC1CC1. The molecule has 5 nitrogen and oxygen atoms in total. The quantitative estimate of drug-likeness (QED) is 0.657. The number of nitrogens with one attached hydrogen (secondary N) is 1. The molecule has 0 amide bonds. The van der Waals surface area contributed by atoms with Gasteiger partial charge in [-0.25, -0.2) is 14.4 Å². The third kappa shape index (κ3) is 4.18. The summed E-state index contributed by atoms with van der Waals surface area (Å²) in [6.45, 7) is 0.468. The largest absolute Gasteiger partial charge is 0.439 e. The van der Waals surface area contributed by atoms with Gasteiger partial charge in [-0.1, -0.05) is 6.07 Å². The fourth-order valence-corrected chi connectivity index (χ4v) is 1.85. The van der Waals surface area contributed by atoms with E-state index < -0.39 is 0 Å². The zero-order valence-electron chi connectivity index (χ0n) is 12.0. The van der Waals surface area contributed by atoms with Gasteiger partial charge in [0.05, 0.1) is 6.54 Å². The van der Waals surface area contributed by atoms with Crippen molar-refractivity contribution < 1.29 is 9.13 Å². The average Bonchev–Trinajstić information content (AvgIpc) is 3.33. The lowest BCUT2D eigenvalue weighted by Gasteiger charge is -2.06.